The van der Waals surface area contributed by atoms with Crippen LogP contribution in [-0.4, -0.2) is 59.9 Å². The number of hydrogen-bond acceptors (Lipinski definition) is 9. The maximum atomic E-state index is 12.9. The van der Waals surface area contributed by atoms with Crippen molar-refractivity contribution in [3.8, 4) is 0 Å². The third kappa shape index (κ3) is 6.86. The summed E-state index contributed by atoms with van der Waals surface area (Å²) in [7, 11) is 0. The number of allylic oxidation sites excluding steroid dienone is 6. The van der Waals surface area contributed by atoms with Crippen LogP contribution in [0.4, 0.5) is 22.7 Å². The van der Waals surface area contributed by atoms with E-state index in [4.69, 9.17) is 0 Å². The van der Waals surface area contributed by atoms with Gasteiger partial charge in [-0.2, -0.15) is 4.58 Å². The summed E-state index contributed by atoms with van der Waals surface area (Å²) in [6.07, 6.45) is 15.7. The fraction of sp³-hybridized carbons (Fsp3) is 0.293. The van der Waals surface area contributed by atoms with Gasteiger partial charge in [0.1, 0.15) is 11.6 Å². The number of fused-ring (bicyclic) bond motifs is 2. The van der Waals surface area contributed by atoms with Crippen LogP contribution in [-0.2, 0) is 30.0 Å². The molecule has 2 aliphatic carbocycles. The number of benzene rings is 2. The van der Waals surface area contributed by atoms with Gasteiger partial charge in [0, 0.05) is 78.0 Å². The monoisotopic (exact) mass is 747 g/mol. The molecule has 0 fully saturated rings. The molecule has 55 heavy (non-hydrogen) atoms. The number of nitrogens with zero attached hydrogens (tertiary/aromatic N) is 4. The SMILES string of the molecule is CC(=O)CC1(C)C(/C=C/C=C2\N(C3=CCC(C(=O)O)C=C3)c3ccc([N+](=O)[O-])cc3C2(C)CC(C)=O)=[N+](C2C=CC(C(=O)O)=CC2)c2ccc([N+](=O)[O-])cc21. The van der Waals surface area contributed by atoms with E-state index >= 15 is 0 Å². The zero-order valence-electron chi connectivity index (χ0n) is 30.6. The lowest BCUT2D eigenvalue weighted by Crippen LogP contribution is -2.35. The average Bonchev–Trinajstić information content (AvgIpc) is 3.50. The van der Waals surface area contributed by atoms with Gasteiger partial charge in [-0.15, -0.1) is 0 Å². The minimum absolute atomic E-state index is 0.00767. The third-order valence-corrected chi connectivity index (χ3v) is 10.7. The van der Waals surface area contributed by atoms with E-state index in [1.807, 2.05) is 23.3 Å². The highest BCUT2D eigenvalue weighted by Gasteiger charge is 2.51. The smallest absolute Gasteiger partial charge is 0.335 e. The first-order chi connectivity index (χ1) is 26.0. The average molecular weight is 748 g/mol. The van der Waals surface area contributed by atoms with Crippen molar-refractivity contribution in [3.63, 3.8) is 0 Å². The van der Waals surface area contributed by atoms with E-state index in [0.717, 1.165) is 0 Å². The number of rotatable bonds is 12. The van der Waals surface area contributed by atoms with Crippen LogP contribution < -0.4 is 4.90 Å². The van der Waals surface area contributed by atoms with Crippen LogP contribution in [0.2, 0.25) is 0 Å². The predicted octanol–water partition coefficient (Wildman–Crippen LogP) is 6.92. The van der Waals surface area contributed by atoms with Crippen LogP contribution >= 0.6 is 0 Å². The number of carbonyl (C=O) groups is 4. The number of carboxylic acid groups (broad SMARTS) is 2. The minimum atomic E-state index is -1.08. The zero-order valence-corrected chi connectivity index (χ0v) is 30.6. The summed E-state index contributed by atoms with van der Waals surface area (Å²) in [5, 5.41) is 43.1. The summed E-state index contributed by atoms with van der Waals surface area (Å²) < 4.78 is 1.96. The van der Waals surface area contributed by atoms with Gasteiger partial charge < -0.3 is 15.1 Å². The van der Waals surface area contributed by atoms with E-state index in [9.17, 15) is 49.6 Å². The minimum Gasteiger partial charge on any atom is -0.481 e. The molecule has 0 radical (unpaired) electrons. The van der Waals surface area contributed by atoms with Gasteiger partial charge in [0.25, 0.3) is 11.4 Å². The van der Waals surface area contributed by atoms with Crippen LogP contribution in [0.1, 0.15) is 64.5 Å². The number of hydrogen-bond donors (Lipinski definition) is 2. The second-order valence-corrected chi connectivity index (χ2v) is 14.6. The van der Waals surface area contributed by atoms with Gasteiger partial charge in [-0.05, 0) is 70.0 Å². The Morgan fingerprint density at radius 1 is 0.873 bits per heavy atom. The first-order valence-corrected chi connectivity index (χ1v) is 17.6. The molecular formula is C41H39N4O10+. The van der Waals surface area contributed by atoms with Crippen molar-refractivity contribution in [2.45, 2.75) is 70.3 Å². The van der Waals surface area contributed by atoms with Crippen molar-refractivity contribution in [1.29, 1.82) is 0 Å². The molecule has 0 bridgehead atoms. The van der Waals surface area contributed by atoms with Crippen molar-refractivity contribution in [2.75, 3.05) is 4.90 Å². The van der Waals surface area contributed by atoms with Crippen LogP contribution in [0.25, 0.3) is 0 Å². The van der Waals surface area contributed by atoms with E-state index in [-0.39, 0.29) is 47.8 Å². The second kappa shape index (κ2) is 14.3. The van der Waals surface area contributed by atoms with Gasteiger partial charge >= 0.3 is 11.9 Å². The fourth-order valence-corrected chi connectivity index (χ4v) is 8.29. The number of anilines is 1. The highest BCUT2D eigenvalue weighted by Crippen LogP contribution is 2.53. The van der Waals surface area contributed by atoms with E-state index in [2.05, 4.69) is 0 Å². The summed E-state index contributed by atoms with van der Waals surface area (Å²) in [6.45, 7) is 6.54. The van der Waals surface area contributed by atoms with Crippen LogP contribution in [0.15, 0.2) is 108 Å². The summed E-state index contributed by atoms with van der Waals surface area (Å²) in [6, 6.07) is 8.52. The summed E-state index contributed by atoms with van der Waals surface area (Å²) in [4.78, 5) is 74.0. The standard InChI is InChI=1S/C41H38N4O10/c1-24(46)22-40(3)32-20-30(44(52)53)16-18-34(32)42(28-12-8-26(9-13-28)38(48)49)36(40)6-5-7-37-41(4,23-25(2)47)33-21-31(45(54)55)17-19-35(33)43(37)29-14-10-27(11-15-29)39(50)51/h5-10,12,14-21,27-28H,11,13,22-23H2,1-4H3,(H-,48,49,50,51)/p+1. The van der Waals surface area contributed by atoms with E-state index < -0.39 is 44.6 Å². The van der Waals surface area contributed by atoms with Crippen LogP contribution in [0.5, 0.6) is 0 Å². The number of carboxylic acids is 2. The van der Waals surface area contributed by atoms with Gasteiger partial charge in [0.05, 0.1) is 32.4 Å². The summed E-state index contributed by atoms with van der Waals surface area (Å²) in [5.41, 5.74) is 1.79. The summed E-state index contributed by atoms with van der Waals surface area (Å²) >= 11 is 0. The largest absolute Gasteiger partial charge is 0.481 e. The zero-order chi connectivity index (χ0) is 40.0. The Morgan fingerprint density at radius 3 is 2.05 bits per heavy atom. The predicted molar refractivity (Wildman–Crippen MR) is 202 cm³/mol. The molecule has 0 saturated carbocycles. The molecule has 2 heterocycles. The number of Topliss-reactive ketones (excluding diaryl/α,β-unsaturated/α-hetero) is 2. The van der Waals surface area contributed by atoms with Crippen molar-refractivity contribution >= 4 is 52.0 Å². The maximum absolute atomic E-state index is 12.9. The molecule has 14 heteroatoms. The number of carbonyl (C=O) groups excluding carboxylic acids is 2. The molecule has 4 atom stereocenters. The number of nitro groups is 2. The Bertz CT molecular complexity index is 2310. The number of non-ortho nitro benzene ring substituents is 2. The Kier molecular flexibility index (Phi) is 9.95. The number of nitro benzene ring substituents is 2. The van der Waals surface area contributed by atoms with Crippen molar-refractivity contribution < 1.29 is 43.8 Å². The molecule has 4 unspecified atom stereocenters. The van der Waals surface area contributed by atoms with Crippen molar-refractivity contribution in [1.82, 2.24) is 0 Å². The quantitative estimate of drug-likeness (QED) is 0.130. The molecule has 14 nitrogen and oxygen atoms in total. The van der Waals surface area contributed by atoms with E-state index in [1.54, 1.807) is 60.7 Å². The molecule has 282 valence electrons. The fourth-order valence-electron chi connectivity index (χ4n) is 8.29. The molecule has 2 aliphatic heterocycles. The molecule has 4 aliphatic rings. The topological polar surface area (TPSA) is 201 Å². The molecule has 2 N–H and O–H groups in total. The van der Waals surface area contributed by atoms with E-state index in [0.29, 0.717) is 46.0 Å². The van der Waals surface area contributed by atoms with Crippen LogP contribution in [0.3, 0.4) is 0 Å². The highest BCUT2D eigenvalue weighted by molar-refractivity contribution is 6.06. The Hall–Kier alpha value is -6.57. The normalized spacial score (nSPS) is 24.8. The maximum Gasteiger partial charge on any atom is 0.335 e. The summed E-state index contributed by atoms with van der Waals surface area (Å²) in [5.74, 6) is -3.13. The number of aliphatic carboxylic acids is 2. The molecule has 0 aromatic heterocycles. The van der Waals surface area contributed by atoms with Crippen molar-refractivity contribution in [3.05, 3.63) is 139 Å². The lowest BCUT2D eigenvalue weighted by molar-refractivity contribution is -0.468. The van der Waals surface area contributed by atoms with Gasteiger partial charge in [-0.1, -0.05) is 24.3 Å². The molecule has 6 rings (SSSR count). The van der Waals surface area contributed by atoms with Gasteiger partial charge in [0.2, 0.25) is 5.69 Å². The Labute approximate surface area is 315 Å². The Balaban J connectivity index is 1.57. The second-order valence-electron chi connectivity index (χ2n) is 14.6. The molecule has 0 saturated heterocycles. The van der Waals surface area contributed by atoms with Gasteiger partial charge in [-0.25, -0.2) is 4.79 Å². The van der Waals surface area contributed by atoms with Crippen molar-refractivity contribution in [2.24, 2.45) is 5.92 Å². The first kappa shape index (κ1) is 38.2. The molecule has 2 aromatic carbocycles. The van der Waals surface area contributed by atoms with Gasteiger partial charge in [0.15, 0.2) is 11.8 Å². The molecular weight excluding hydrogens is 708 g/mol. The van der Waals surface area contributed by atoms with Crippen LogP contribution in [0, 0.1) is 26.1 Å². The van der Waals surface area contributed by atoms with E-state index in [1.165, 1.54) is 44.2 Å². The third-order valence-electron chi connectivity index (χ3n) is 10.7. The Morgan fingerprint density at radius 2 is 1.51 bits per heavy atom. The molecule has 0 spiro atoms. The lowest BCUT2D eigenvalue weighted by atomic mass is 9.75. The first-order valence-electron chi connectivity index (χ1n) is 17.6. The van der Waals surface area contributed by atoms with Gasteiger partial charge in [-0.3, -0.25) is 34.6 Å². The number of ketones is 2. The molecule has 0 amide bonds. The lowest BCUT2D eigenvalue weighted by Gasteiger charge is -2.31. The molecule has 2 aromatic rings. The highest BCUT2D eigenvalue weighted by atomic mass is 16.6.